The summed E-state index contributed by atoms with van der Waals surface area (Å²) in [6.07, 6.45) is 16.7. The van der Waals surface area contributed by atoms with Gasteiger partial charge in [0.1, 0.15) is 6.54 Å². The maximum absolute atomic E-state index is 8.38. The second-order valence-electron chi connectivity index (χ2n) is 13.4. The Bertz CT molecular complexity index is 1530. The molecule has 3 N–H and O–H groups in total. The number of unbranched alkanes of at least 4 members (excludes halogenated alkanes) is 3. The summed E-state index contributed by atoms with van der Waals surface area (Å²) in [5.74, 6) is 0.749. The Kier molecular flexibility index (Phi) is 10.8. The van der Waals surface area contributed by atoms with Crippen molar-refractivity contribution in [1.29, 1.82) is 0 Å². The molecule has 2 aromatic carbocycles. The van der Waals surface area contributed by atoms with E-state index in [2.05, 4.69) is 126 Å². The summed E-state index contributed by atoms with van der Waals surface area (Å²) in [7, 11) is 0. The number of anilines is 1. The van der Waals surface area contributed by atoms with Gasteiger partial charge in [0.15, 0.2) is 5.71 Å². The van der Waals surface area contributed by atoms with Crippen molar-refractivity contribution in [2.45, 2.75) is 90.4 Å². The number of nitrogens with two attached hydrogens (primary N) is 1. The van der Waals surface area contributed by atoms with Gasteiger partial charge >= 0.3 is 0 Å². The molecule has 0 amide bonds. The highest BCUT2D eigenvalue weighted by Gasteiger charge is 2.44. The fraction of sp³-hybridized carbons (Fsp3) is 0.447. The van der Waals surface area contributed by atoms with Crippen LogP contribution >= 0.6 is 12.0 Å². The van der Waals surface area contributed by atoms with Crippen LogP contribution in [0.25, 0.3) is 0 Å². The Morgan fingerprint density at radius 1 is 0.911 bits per heavy atom. The molecule has 0 bridgehead atoms. The second kappa shape index (κ2) is 14.5. The normalized spacial score (nSPS) is 20.4. The summed E-state index contributed by atoms with van der Waals surface area (Å²) in [6.45, 7) is 13.5. The molecule has 2 aliphatic heterocycles. The first-order chi connectivity index (χ1) is 21.7. The fourth-order valence-corrected chi connectivity index (χ4v) is 7.65. The Morgan fingerprint density at radius 2 is 1.67 bits per heavy atom. The average molecular weight is 629 g/mol. The molecule has 0 aromatic heterocycles. The maximum atomic E-state index is 8.38. The molecule has 7 heteroatoms. The third-order valence-corrected chi connectivity index (χ3v) is 10.4. The molecule has 240 valence electrons. The van der Waals surface area contributed by atoms with Crippen molar-refractivity contribution in [1.82, 2.24) is 0 Å². The van der Waals surface area contributed by atoms with Crippen molar-refractivity contribution in [2.24, 2.45) is 5.73 Å². The zero-order chi connectivity index (χ0) is 32.0. The van der Waals surface area contributed by atoms with E-state index in [0.29, 0.717) is 0 Å². The molecular weight excluding hydrogens is 579 g/mol. The predicted octanol–water partition coefficient (Wildman–Crippen LogP) is 9.27. The first kappa shape index (κ1) is 33.3. The number of hydrogen-bond acceptors (Lipinski definition) is 6. The summed E-state index contributed by atoms with van der Waals surface area (Å²) in [6, 6.07) is 17.6. The molecule has 0 saturated heterocycles. The zero-order valence-corrected chi connectivity index (χ0v) is 28.5. The molecule has 6 nitrogen and oxygen atoms in total. The smallest absolute Gasteiger partial charge is 0.209 e. The quantitative estimate of drug-likeness (QED) is 0.0714. The molecule has 3 aliphatic rings. The van der Waals surface area contributed by atoms with Gasteiger partial charge < -0.3 is 10.6 Å². The van der Waals surface area contributed by atoms with Crippen LogP contribution in [0.3, 0.4) is 0 Å². The number of rotatable bonds is 14. The summed E-state index contributed by atoms with van der Waals surface area (Å²) in [5.41, 5.74) is 18.0. The van der Waals surface area contributed by atoms with Crippen LogP contribution in [0.1, 0.15) is 90.7 Å². The standard InChI is InChI=1S/C38H49N3O3S/c1-6-7-12-25-40-32-17-10-8-15-30(32)37(2,3)34(40)23-21-28-19-20-29(36(28)39)22-24-35-38(4,5)31-16-9-11-18-33(31)41(35)26-13-14-27-45-44-43-42/h8-11,15-18,21-24,39,42H,6-7,12-14,19-20,25-27H2,1-5H3/p+1/b28-21+,34-23+. The largest absolute Gasteiger partial charge is 0.398 e. The van der Waals surface area contributed by atoms with Crippen LogP contribution in [-0.2, 0) is 20.2 Å². The lowest BCUT2D eigenvalue weighted by atomic mass is 9.81. The number of para-hydroxylation sites is 2. The first-order valence-corrected chi connectivity index (χ1v) is 17.4. The van der Waals surface area contributed by atoms with E-state index in [0.717, 1.165) is 62.3 Å². The van der Waals surface area contributed by atoms with Crippen LogP contribution in [0.4, 0.5) is 11.4 Å². The van der Waals surface area contributed by atoms with Gasteiger partial charge in [0.05, 0.1) is 5.41 Å². The molecule has 0 unspecified atom stereocenters. The maximum Gasteiger partial charge on any atom is 0.209 e. The molecular formula is C38H50N3O3S+. The highest BCUT2D eigenvalue weighted by atomic mass is 32.2. The first-order valence-electron chi connectivity index (χ1n) is 16.5. The van der Waals surface area contributed by atoms with Crippen molar-refractivity contribution in [3.63, 3.8) is 0 Å². The van der Waals surface area contributed by atoms with Gasteiger partial charge in [-0.25, -0.2) is 5.26 Å². The average Bonchev–Trinajstić information content (AvgIpc) is 3.57. The number of hydrogen-bond donors (Lipinski definition) is 2. The Morgan fingerprint density at radius 3 is 2.44 bits per heavy atom. The molecule has 45 heavy (non-hydrogen) atoms. The summed E-state index contributed by atoms with van der Waals surface area (Å²) in [5, 5.41) is 12.1. The lowest BCUT2D eigenvalue weighted by Crippen LogP contribution is -2.28. The van der Waals surface area contributed by atoms with Crippen molar-refractivity contribution in [3.8, 4) is 0 Å². The van der Waals surface area contributed by atoms with Gasteiger partial charge in [-0.2, -0.15) is 4.58 Å². The lowest BCUT2D eigenvalue weighted by molar-refractivity contribution is -0.438. The number of nitrogens with zero attached hydrogens (tertiary/aromatic N) is 2. The van der Waals surface area contributed by atoms with E-state index in [9.17, 15) is 0 Å². The predicted molar refractivity (Wildman–Crippen MR) is 188 cm³/mol. The minimum absolute atomic E-state index is 0.0544. The number of fused-ring (bicyclic) bond motifs is 2. The highest BCUT2D eigenvalue weighted by molar-refractivity contribution is 7.94. The number of benzene rings is 2. The molecule has 2 aromatic rings. The van der Waals surface area contributed by atoms with E-state index >= 15 is 0 Å². The minimum atomic E-state index is -0.114. The summed E-state index contributed by atoms with van der Waals surface area (Å²) < 4.78 is 7.00. The van der Waals surface area contributed by atoms with Gasteiger partial charge in [-0.1, -0.05) is 87.2 Å². The van der Waals surface area contributed by atoms with Crippen LogP contribution in [0, 0.1) is 0 Å². The molecule has 0 spiro atoms. The number of allylic oxidation sites excluding steroid dienone is 7. The molecule has 1 aliphatic carbocycles. The van der Waals surface area contributed by atoms with E-state index in [1.807, 2.05) is 0 Å². The minimum Gasteiger partial charge on any atom is -0.398 e. The van der Waals surface area contributed by atoms with Gasteiger partial charge in [-0.05, 0) is 68.4 Å². The molecule has 0 atom stereocenters. The molecule has 2 heterocycles. The summed E-state index contributed by atoms with van der Waals surface area (Å²) in [4.78, 5) is 2.54. The lowest BCUT2D eigenvalue weighted by Gasteiger charge is -2.27. The van der Waals surface area contributed by atoms with Crippen molar-refractivity contribution in [2.75, 3.05) is 23.7 Å². The Hall–Kier alpha value is -3.10. The zero-order valence-electron chi connectivity index (χ0n) is 27.6. The third kappa shape index (κ3) is 6.87. The van der Waals surface area contributed by atoms with Gasteiger partial charge in [0, 0.05) is 71.0 Å². The highest BCUT2D eigenvalue weighted by Crippen LogP contribution is 2.48. The van der Waals surface area contributed by atoms with Crippen LogP contribution in [-0.4, -0.2) is 34.4 Å². The van der Waals surface area contributed by atoms with Crippen LogP contribution < -0.4 is 10.6 Å². The molecule has 0 fully saturated rings. The van der Waals surface area contributed by atoms with Gasteiger partial charge in [0.25, 0.3) is 0 Å². The SMILES string of the molecule is CCCCCN1/C(=C/C=C2\CCC(/C=C/C3=[N+](CCCCSOOO)c4ccccc4C3(C)C)=C2N)C(C)(C)c2ccccc21. The van der Waals surface area contributed by atoms with E-state index in [1.165, 1.54) is 64.3 Å². The topological polar surface area (TPSA) is 71.0 Å². The van der Waals surface area contributed by atoms with Crippen molar-refractivity contribution < 1.29 is 19.2 Å². The van der Waals surface area contributed by atoms with Gasteiger partial charge in [-0.3, -0.25) is 0 Å². The molecule has 0 saturated carbocycles. The van der Waals surface area contributed by atoms with Gasteiger partial charge in [-0.15, -0.1) is 4.33 Å². The van der Waals surface area contributed by atoms with Crippen LogP contribution in [0.15, 0.2) is 95.4 Å². The fourth-order valence-electron chi connectivity index (χ4n) is 7.22. The van der Waals surface area contributed by atoms with E-state index in [1.54, 1.807) is 0 Å². The van der Waals surface area contributed by atoms with Crippen LogP contribution in [0.5, 0.6) is 0 Å². The van der Waals surface area contributed by atoms with Crippen molar-refractivity contribution >= 4 is 29.1 Å². The monoisotopic (exact) mass is 628 g/mol. The molecule has 0 radical (unpaired) electrons. The van der Waals surface area contributed by atoms with Crippen molar-refractivity contribution in [3.05, 3.63) is 107 Å². The van der Waals surface area contributed by atoms with E-state index in [4.69, 9.17) is 11.0 Å². The van der Waals surface area contributed by atoms with E-state index < -0.39 is 0 Å². The summed E-state index contributed by atoms with van der Waals surface area (Å²) >= 11 is 1.12. The van der Waals surface area contributed by atoms with E-state index in [-0.39, 0.29) is 10.8 Å². The van der Waals surface area contributed by atoms with Gasteiger partial charge in [0.2, 0.25) is 5.69 Å². The van der Waals surface area contributed by atoms with Crippen LogP contribution in [0.2, 0.25) is 0 Å². The second-order valence-corrected chi connectivity index (χ2v) is 14.1. The molecule has 5 rings (SSSR count). The Labute approximate surface area is 274 Å². The third-order valence-electron chi connectivity index (χ3n) is 9.76. The Balaban J connectivity index is 1.40.